The zero-order valence-electron chi connectivity index (χ0n) is 10.7. The van der Waals surface area contributed by atoms with Gasteiger partial charge in [-0.1, -0.05) is 33.6 Å². The van der Waals surface area contributed by atoms with Crippen LogP contribution in [0.25, 0.3) is 0 Å². The van der Waals surface area contributed by atoms with Crippen molar-refractivity contribution in [3.05, 3.63) is 0 Å². The second kappa shape index (κ2) is 10.0. The predicted octanol–water partition coefficient (Wildman–Crippen LogP) is 2.04. The Hall–Kier alpha value is -0.160. The molecule has 0 aliphatic heterocycles. The van der Waals surface area contributed by atoms with Gasteiger partial charge in [-0.05, 0) is 19.3 Å². The quantitative estimate of drug-likeness (QED) is 0.568. The van der Waals surface area contributed by atoms with E-state index in [1.54, 1.807) is 0 Å². The third-order valence-electron chi connectivity index (χ3n) is 2.42. The molecule has 0 radical (unpaired) electrons. The van der Waals surface area contributed by atoms with Gasteiger partial charge < -0.3 is 19.7 Å². The molecule has 0 saturated heterocycles. The lowest BCUT2D eigenvalue weighted by atomic mass is 10.2. The Bertz CT molecular complexity index is 152. The second-order valence-electron chi connectivity index (χ2n) is 3.92. The van der Waals surface area contributed by atoms with E-state index in [1.807, 2.05) is 13.8 Å². The first-order valence-corrected chi connectivity index (χ1v) is 6.27. The molecule has 0 heterocycles. The van der Waals surface area contributed by atoms with E-state index in [-0.39, 0.29) is 12.7 Å². The van der Waals surface area contributed by atoms with Gasteiger partial charge in [-0.25, -0.2) is 0 Å². The number of aliphatic hydroxyl groups excluding tert-OH is 2. The summed E-state index contributed by atoms with van der Waals surface area (Å²) in [5, 5.41) is 18.5. The van der Waals surface area contributed by atoms with Crippen molar-refractivity contribution in [1.29, 1.82) is 0 Å². The number of ether oxygens (including phenoxy) is 2. The maximum Gasteiger partial charge on any atom is 0.160 e. The largest absolute Gasteiger partial charge is 0.394 e. The van der Waals surface area contributed by atoms with E-state index < -0.39 is 12.6 Å². The fourth-order valence-corrected chi connectivity index (χ4v) is 1.34. The van der Waals surface area contributed by atoms with Gasteiger partial charge in [0, 0.05) is 0 Å². The molecule has 0 fully saturated rings. The van der Waals surface area contributed by atoms with Gasteiger partial charge in [0.1, 0.15) is 0 Å². The van der Waals surface area contributed by atoms with Crippen LogP contribution in [0.4, 0.5) is 0 Å². The van der Waals surface area contributed by atoms with Crippen molar-refractivity contribution < 1.29 is 19.7 Å². The van der Waals surface area contributed by atoms with Crippen LogP contribution in [0, 0.1) is 0 Å². The Kier molecular flexibility index (Phi) is 9.92. The zero-order valence-corrected chi connectivity index (χ0v) is 10.7. The molecule has 0 aromatic rings. The summed E-state index contributed by atoms with van der Waals surface area (Å²) >= 11 is 0. The van der Waals surface area contributed by atoms with Crippen LogP contribution in [0.1, 0.15) is 52.9 Å². The number of hydrogen-bond donors (Lipinski definition) is 2. The Morgan fingerprint density at radius 3 is 2.19 bits per heavy atom. The van der Waals surface area contributed by atoms with Crippen LogP contribution in [0.15, 0.2) is 0 Å². The summed E-state index contributed by atoms with van der Waals surface area (Å²) in [6.07, 6.45) is 2.74. The van der Waals surface area contributed by atoms with Crippen molar-refractivity contribution in [1.82, 2.24) is 0 Å². The third-order valence-corrected chi connectivity index (χ3v) is 2.42. The highest BCUT2D eigenvalue weighted by Crippen LogP contribution is 2.12. The zero-order chi connectivity index (χ0) is 12.4. The van der Waals surface area contributed by atoms with Crippen LogP contribution >= 0.6 is 0 Å². The molecule has 2 N–H and O–H groups in total. The molecular formula is C12H26O4. The monoisotopic (exact) mass is 234 g/mol. The van der Waals surface area contributed by atoms with Crippen LogP contribution in [0.3, 0.4) is 0 Å². The van der Waals surface area contributed by atoms with Gasteiger partial charge in [0.05, 0.1) is 12.7 Å². The molecule has 3 unspecified atom stereocenters. The molecule has 0 bridgehead atoms. The van der Waals surface area contributed by atoms with Crippen LogP contribution in [-0.2, 0) is 9.47 Å². The van der Waals surface area contributed by atoms with Crippen molar-refractivity contribution in [3.63, 3.8) is 0 Å². The highest BCUT2D eigenvalue weighted by molar-refractivity contribution is 4.57. The molecule has 0 rings (SSSR count). The second-order valence-corrected chi connectivity index (χ2v) is 3.92. The van der Waals surface area contributed by atoms with Crippen LogP contribution in [0.2, 0.25) is 0 Å². The minimum absolute atomic E-state index is 0.00206. The molecule has 0 saturated carbocycles. The number of hydrogen-bond acceptors (Lipinski definition) is 4. The average molecular weight is 234 g/mol. The van der Waals surface area contributed by atoms with E-state index in [1.165, 1.54) is 0 Å². The molecule has 0 aromatic heterocycles. The molecule has 0 spiro atoms. The van der Waals surface area contributed by atoms with E-state index in [0.717, 1.165) is 19.3 Å². The van der Waals surface area contributed by atoms with E-state index in [9.17, 15) is 5.11 Å². The smallest absolute Gasteiger partial charge is 0.160 e. The minimum Gasteiger partial charge on any atom is -0.394 e. The van der Waals surface area contributed by atoms with Gasteiger partial charge in [0.25, 0.3) is 0 Å². The summed E-state index contributed by atoms with van der Waals surface area (Å²) in [4.78, 5) is 0. The van der Waals surface area contributed by atoms with Gasteiger partial charge in [-0.3, -0.25) is 0 Å². The summed E-state index contributed by atoms with van der Waals surface area (Å²) in [7, 11) is 0. The summed E-state index contributed by atoms with van der Waals surface area (Å²) in [5.74, 6) is 0. The lowest BCUT2D eigenvalue weighted by molar-refractivity contribution is -0.248. The molecular weight excluding hydrogens is 208 g/mol. The molecule has 0 aliphatic carbocycles. The lowest BCUT2D eigenvalue weighted by Crippen LogP contribution is -2.30. The summed E-state index contributed by atoms with van der Waals surface area (Å²) in [6.45, 7) is 5.88. The Labute approximate surface area is 98.6 Å². The number of aliphatic hydroxyl groups is 2. The minimum atomic E-state index is -0.782. The molecule has 0 aromatic carbocycles. The molecule has 98 valence electrons. The third kappa shape index (κ3) is 7.17. The molecule has 0 amide bonds. The first-order chi connectivity index (χ1) is 7.67. The maximum absolute atomic E-state index is 9.36. The summed E-state index contributed by atoms with van der Waals surface area (Å²) < 4.78 is 10.9. The molecule has 16 heavy (non-hydrogen) atoms. The van der Waals surface area contributed by atoms with Crippen molar-refractivity contribution in [2.45, 2.75) is 71.6 Å². The summed E-state index contributed by atoms with van der Waals surface area (Å²) in [6, 6.07) is 0. The van der Waals surface area contributed by atoms with Crippen molar-refractivity contribution in [2.24, 2.45) is 0 Å². The maximum atomic E-state index is 9.36. The molecule has 0 aliphatic rings. The number of rotatable bonds is 10. The first-order valence-electron chi connectivity index (χ1n) is 6.27. The van der Waals surface area contributed by atoms with Crippen LogP contribution in [0.5, 0.6) is 0 Å². The van der Waals surface area contributed by atoms with Gasteiger partial charge in [0.2, 0.25) is 0 Å². The first kappa shape index (κ1) is 15.8. The van der Waals surface area contributed by atoms with Crippen molar-refractivity contribution in [2.75, 3.05) is 6.61 Å². The van der Waals surface area contributed by atoms with E-state index in [0.29, 0.717) is 12.8 Å². The summed E-state index contributed by atoms with van der Waals surface area (Å²) in [5.41, 5.74) is 0. The number of unbranched alkanes of at least 4 members (excludes halogenated alkanes) is 1. The molecule has 3 atom stereocenters. The SMILES string of the molecule is CCCCC(CO)OC(CC)OC(O)CC. The Morgan fingerprint density at radius 1 is 1.06 bits per heavy atom. The molecule has 4 nitrogen and oxygen atoms in total. The van der Waals surface area contributed by atoms with E-state index in [4.69, 9.17) is 14.6 Å². The highest BCUT2D eigenvalue weighted by Gasteiger charge is 2.17. The van der Waals surface area contributed by atoms with Crippen LogP contribution in [-0.4, -0.2) is 35.5 Å². The van der Waals surface area contributed by atoms with Gasteiger partial charge in [-0.15, -0.1) is 0 Å². The van der Waals surface area contributed by atoms with Crippen molar-refractivity contribution >= 4 is 0 Å². The lowest BCUT2D eigenvalue weighted by Gasteiger charge is -2.24. The average Bonchev–Trinajstić information content (AvgIpc) is 2.32. The predicted molar refractivity (Wildman–Crippen MR) is 62.9 cm³/mol. The Morgan fingerprint density at radius 2 is 1.75 bits per heavy atom. The van der Waals surface area contributed by atoms with Gasteiger partial charge in [-0.2, -0.15) is 0 Å². The normalized spacial score (nSPS) is 17.1. The van der Waals surface area contributed by atoms with Crippen LogP contribution < -0.4 is 0 Å². The topological polar surface area (TPSA) is 58.9 Å². The fourth-order valence-electron chi connectivity index (χ4n) is 1.34. The highest BCUT2D eigenvalue weighted by atomic mass is 16.7. The fraction of sp³-hybridized carbons (Fsp3) is 1.00. The van der Waals surface area contributed by atoms with E-state index >= 15 is 0 Å². The van der Waals surface area contributed by atoms with E-state index in [2.05, 4.69) is 6.92 Å². The van der Waals surface area contributed by atoms with Gasteiger partial charge >= 0.3 is 0 Å². The molecule has 4 heteroatoms. The van der Waals surface area contributed by atoms with Crippen molar-refractivity contribution in [3.8, 4) is 0 Å². The Balaban J connectivity index is 3.95. The standard InChI is InChI=1S/C12H26O4/c1-4-7-8-10(9-13)15-12(6-3)16-11(14)5-2/h10-14H,4-9H2,1-3H3. The van der Waals surface area contributed by atoms with Gasteiger partial charge in [0.15, 0.2) is 12.6 Å².